The van der Waals surface area contributed by atoms with Crippen LogP contribution in [0.1, 0.15) is 33.6 Å². The van der Waals surface area contributed by atoms with Crippen LogP contribution in [-0.2, 0) is 0 Å². The van der Waals surface area contributed by atoms with E-state index in [-0.39, 0.29) is 9.52 Å². The van der Waals surface area contributed by atoms with E-state index in [4.69, 9.17) is 0 Å². The van der Waals surface area contributed by atoms with E-state index in [0.29, 0.717) is 0 Å². The Hall–Kier alpha value is -0.113. The van der Waals surface area contributed by atoms with Crippen LogP contribution in [0.3, 0.4) is 0 Å². The Kier molecular flexibility index (Phi) is 7.46. The van der Waals surface area contributed by atoms with Gasteiger partial charge in [0, 0.05) is 16.6 Å². The standard InChI is InChI=1S/C10H23NSi/c1-5-6-7-12-10(8-11-4)9(2)3/h8-10H,5-7,12H2,1-4H3. The van der Waals surface area contributed by atoms with Gasteiger partial charge in [0.2, 0.25) is 0 Å². The van der Waals surface area contributed by atoms with Gasteiger partial charge in [-0.25, -0.2) is 0 Å². The molecule has 1 nitrogen and oxygen atoms in total. The van der Waals surface area contributed by atoms with Crippen molar-refractivity contribution in [3.8, 4) is 0 Å². The summed E-state index contributed by atoms with van der Waals surface area (Å²) in [5, 5.41) is 0. The second-order valence-corrected chi connectivity index (χ2v) is 6.04. The predicted octanol–water partition coefficient (Wildman–Crippen LogP) is 2.52. The van der Waals surface area contributed by atoms with Gasteiger partial charge in [0.05, 0.1) is 0 Å². The smallest absolute Gasteiger partial charge is 0.0302 e. The van der Waals surface area contributed by atoms with Gasteiger partial charge >= 0.3 is 0 Å². The predicted molar refractivity (Wildman–Crippen MR) is 61.3 cm³/mol. The molecule has 0 aromatic heterocycles. The van der Waals surface area contributed by atoms with E-state index in [1.165, 1.54) is 18.9 Å². The molecular formula is C10H23NSi. The molecule has 0 fully saturated rings. The topological polar surface area (TPSA) is 12.4 Å². The number of hydrogen-bond acceptors (Lipinski definition) is 1. The molecule has 0 radical (unpaired) electrons. The number of rotatable bonds is 6. The van der Waals surface area contributed by atoms with Gasteiger partial charge < -0.3 is 4.99 Å². The molecule has 0 aliphatic heterocycles. The first-order valence-electron chi connectivity index (χ1n) is 5.14. The summed E-state index contributed by atoms with van der Waals surface area (Å²) < 4.78 is 0. The number of aliphatic imine (C=N–C) groups is 1. The first-order valence-corrected chi connectivity index (χ1v) is 6.96. The Morgan fingerprint density at radius 1 is 1.42 bits per heavy atom. The summed E-state index contributed by atoms with van der Waals surface area (Å²) in [6.45, 7) is 6.89. The van der Waals surface area contributed by atoms with Gasteiger partial charge in [-0.05, 0) is 17.7 Å². The SMILES string of the molecule is CCCC[SiH2]C(C=NC)C(C)C. The van der Waals surface area contributed by atoms with Crippen molar-refractivity contribution >= 4 is 15.7 Å². The molecule has 0 rings (SSSR count). The molecule has 0 heterocycles. The highest BCUT2D eigenvalue weighted by Crippen LogP contribution is 2.16. The highest BCUT2D eigenvalue weighted by Gasteiger charge is 2.09. The van der Waals surface area contributed by atoms with Gasteiger partial charge in [0.1, 0.15) is 0 Å². The molecule has 12 heavy (non-hydrogen) atoms. The minimum Gasteiger partial charge on any atom is -0.301 e. The van der Waals surface area contributed by atoms with E-state index in [1.54, 1.807) is 0 Å². The maximum Gasteiger partial charge on any atom is 0.0302 e. The summed E-state index contributed by atoms with van der Waals surface area (Å²) in [7, 11) is 2.00. The van der Waals surface area contributed by atoms with E-state index in [9.17, 15) is 0 Å². The van der Waals surface area contributed by atoms with Gasteiger partial charge in [0.15, 0.2) is 0 Å². The molecule has 0 saturated carbocycles. The normalized spacial score (nSPS) is 15.4. The average Bonchev–Trinajstić information content (AvgIpc) is 2.03. The molecule has 72 valence electrons. The largest absolute Gasteiger partial charge is 0.301 e. The average molecular weight is 185 g/mol. The van der Waals surface area contributed by atoms with Gasteiger partial charge in [-0.1, -0.05) is 39.7 Å². The lowest BCUT2D eigenvalue weighted by Crippen LogP contribution is -2.11. The van der Waals surface area contributed by atoms with E-state index in [0.717, 1.165) is 11.5 Å². The molecule has 0 saturated heterocycles. The molecule has 2 heteroatoms. The highest BCUT2D eigenvalue weighted by atomic mass is 28.2. The quantitative estimate of drug-likeness (QED) is 0.342. The van der Waals surface area contributed by atoms with Crippen LogP contribution in [0, 0.1) is 5.92 Å². The first-order chi connectivity index (χ1) is 5.72. The molecule has 0 aliphatic carbocycles. The van der Waals surface area contributed by atoms with Gasteiger partial charge in [-0.15, -0.1) is 0 Å². The van der Waals surface area contributed by atoms with Crippen LogP contribution in [0.2, 0.25) is 11.6 Å². The van der Waals surface area contributed by atoms with Crippen LogP contribution in [0.5, 0.6) is 0 Å². The minimum atomic E-state index is 0.107. The Bertz CT molecular complexity index is 121. The van der Waals surface area contributed by atoms with Gasteiger partial charge in [0.25, 0.3) is 0 Å². The van der Waals surface area contributed by atoms with Crippen LogP contribution in [0.4, 0.5) is 0 Å². The van der Waals surface area contributed by atoms with Crippen molar-refractivity contribution in [3.05, 3.63) is 0 Å². The third-order valence-electron chi connectivity index (χ3n) is 2.34. The third kappa shape index (κ3) is 5.53. The fourth-order valence-corrected chi connectivity index (χ4v) is 3.69. The number of hydrogen-bond donors (Lipinski definition) is 0. The fraction of sp³-hybridized carbons (Fsp3) is 0.900. The maximum absolute atomic E-state index is 4.15. The van der Waals surface area contributed by atoms with Crippen molar-refractivity contribution in [2.75, 3.05) is 7.05 Å². The summed E-state index contributed by atoms with van der Waals surface area (Å²) in [5.74, 6) is 0.803. The molecule has 0 amide bonds. The van der Waals surface area contributed by atoms with Crippen molar-refractivity contribution in [1.82, 2.24) is 0 Å². The Labute approximate surface area is 79.5 Å². The lowest BCUT2D eigenvalue weighted by Gasteiger charge is -2.14. The molecule has 0 aromatic rings. The van der Waals surface area contributed by atoms with E-state index >= 15 is 0 Å². The minimum absolute atomic E-state index is 0.107. The van der Waals surface area contributed by atoms with Crippen LogP contribution in [0.15, 0.2) is 4.99 Å². The fourth-order valence-electron chi connectivity index (χ4n) is 1.40. The maximum atomic E-state index is 4.15. The Balaban J connectivity index is 3.64. The summed E-state index contributed by atoms with van der Waals surface area (Å²) in [4.78, 5) is 4.15. The second-order valence-electron chi connectivity index (χ2n) is 3.81. The molecule has 0 aromatic carbocycles. The van der Waals surface area contributed by atoms with Crippen molar-refractivity contribution < 1.29 is 0 Å². The van der Waals surface area contributed by atoms with E-state index < -0.39 is 0 Å². The van der Waals surface area contributed by atoms with E-state index in [1.807, 2.05) is 7.05 Å². The highest BCUT2D eigenvalue weighted by molar-refractivity contribution is 6.42. The van der Waals surface area contributed by atoms with Crippen LogP contribution < -0.4 is 0 Å². The van der Waals surface area contributed by atoms with E-state index in [2.05, 4.69) is 32.0 Å². The van der Waals surface area contributed by atoms with Crippen molar-refractivity contribution in [2.24, 2.45) is 10.9 Å². The number of nitrogens with zero attached hydrogens (tertiary/aromatic N) is 1. The van der Waals surface area contributed by atoms with Crippen LogP contribution in [-0.4, -0.2) is 22.8 Å². The second kappa shape index (κ2) is 7.53. The third-order valence-corrected chi connectivity index (χ3v) is 5.07. The summed E-state index contributed by atoms with van der Waals surface area (Å²) in [6, 6.07) is 1.49. The van der Waals surface area contributed by atoms with Gasteiger partial charge in [-0.3, -0.25) is 0 Å². The zero-order valence-electron chi connectivity index (χ0n) is 9.01. The molecule has 1 atom stereocenters. The van der Waals surface area contributed by atoms with Gasteiger partial charge in [-0.2, -0.15) is 0 Å². The molecule has 0 aliphatic rings. The Morgan fingerprint density at radius 3 is 2.50 bits per heavy atom. The monoisotopic (exact) mass is 185 g/mol. The molecular weight excluding hydrogens is 162 g/mol. The van der Waals surface area contributed by atoms with Crippen molar-refractivity contribution in [1.29, 1.82) is 0 Å². The molecule has 1 unspecified atom stereocenters. The van der Waals surface area contributed by atoms with Crippen molar-refractivity contribution in [3.63, 3.8) is 0 Å². The molecule has 0 spiro atoms. The lowest BCUT2D eigenvalue weighted by molar-refractivity contribution is 0.679. The van der Waals surface area contributed by atoms with Crippen LogP contribution >= 0.6 is 0 Å². The zero-order valence-corrected chi connectivity index (χ0v) is 10.4. The lowest BCUT2D eigenvalue weighted by atomic mass is 10.1. The Morgan fingerprint density at radius 2 is 2.08 bits per heavy atom. The summed E-state index contributed by atoms with van der Waals surface area (Å²) in [6.07, 6.45) is 4.95. The van der Waals surface area contributed by atoms with Crippen LogP contribution in [0.25, 0.3) is 0 Å². The molecule has 0 bridgehead atoms. The zero-order chi connectivity index (χ0) is 9.40. The summed E-state index contributed by atoms with van der Waals surface area (Å²) in [5.41, 5.74) is 0.835. The molecule has 0 N–H and O–H groups in total. The first kappa shape index (κ1) is 11.9. The summed E-state index contributed by atoms with van der Waals surface area (Å²) >= 11 is 0. The van der Waals surface area contributed by atoms with Crippen molar-refractivity contribution in [2.45, 2.75) is 45.2 Å². The number of unbranched alkanes of at least 4 members (excludes halogenated alkanes) is 1.